The molecule has 0 saturated heterocycles. The molecule has 6 nitrogen and oxygen atoms in total. The smallest absolute Gasteiger partial charge is 0.427 e. The van der Waals surface area contributed by atoms with E-state index in [1.165, 1.54) is 4.90 Å². The number of carbonyl (C=O) groups excluding carboxylic acids is 2. The highest BCUT2D eigenvalue weighted by atomic mass is 16.4. The molecule has 0 aliphatic rings. The maximum atomic E-state index is 12.6. The van der Waals surface area contributed by atoms with Gasteiger partial charge in [0.05, 0.1) is 5.82 Å². The Morgan fingerprint density at radius 3 is 2.39 bits per heavy atom. The first-order valence-electron chi connectivity index (χ1n) is 10.2. The maximum Gasteiger partial charge on any atom is 0.462 e. The summed E-state index contributed by atoms with van der Waals surface area (Å²) in [5.41, 5.74) is 2.65. The van der Waals surface area contributed by atoms with Gasteiger partial charge in [0.1, 0.15) is 17.4 Å². The molecule has 0 fully saturated rings. The molecule has 1 amide bonds. The highest BCUT2D eigenvalue weighted by Gasteiger charge is 2.30. The van der Waals surface area contributed by atoms with Gasteiger partial charge >= 0.3 is 7.12 Å². The van der Waals surface area contributed by atoms with E-state index in [2.05, 4.69) is 0 Å². The summed E-state index contributed by atoms with van der Waals surface area (Å²) >= 11 is 0. The molecule has 0 radical (unpaired) electrons. The molecule has 0 heterocycles. The number of Topliss-reactive ketones (excluding diaryl/α,β-unsaturated/α-hetero) is 1. The Labute approximate surface area is 183 Å². The molecule has 0 aliphatic heterocycles. The van der Waals surface area contributed by atoms with Crippen LogP contribution < -0.4 is 0 Å². The normalized spacial score (nSPS) is 12.0. The molecule has 0 bridgehead atoms. The number of carbonyl (C=O) groups is 2. The predicted molar refractivity (Wildman–Crippen MR) is 121 cm³/mol. The molecule has 0 aliphatic carbocycles. The summed E-state index contributed by atoms with van der Waals surface area (Å²) in [4.78, 5) is 25.9. The van der Waals surface area contributed by atoms with E-state index >= 15 is 0 Å². The van der Waals surface area contributed by atoms with Crippen molar-refractivity contribution in [3.05, 3.63) is 76.9 Å². The van der Waals surface area contributed by atoms with Gasteiger partial charge in [-0.15, -0.1) is 0 Å². The van der Waals surface area contributed by atoms with Gasteiger partial charge in [0.2, 0.25) is 0 Å². The van der Waals surface area contributed by atoms with Crippen LogP contribution in [0.1, 0.15) is 29.5 Å². The number of nitrogens with zero attached hydrogens (tertiary/aromatic N) is 2. The second-order valence-corrected chi connectivity index (χ2v) is 7.64. The first-order valence-corrected chi connectivity index (χ1v) is 10.2. The summed E-state index contributed by atoms with van der Waals surface area (Å²) in [5, 5.41) is 28.6. The summed E-state index contributed by atoms with van der Waals surface area (Å²) in [5.74, 6) is -1.39. The van der Waals surface area contributed by atoms with Crippen LogP contribution in [0.3, 0.4) is 0 Å². The van der Waals surface area contributed by atoms with Crippen molar-refractivity contribution in [3.63, 3.8) is 0 Å². The zero-order chi connectivity index (χ0) is 22.8. The SMILES string of the molecule is CN(C)C(=O)C(C#N)=Cc1cccc(CCCC(=O)C(Cc2ccccc2)B(O)O)c1. The van der Waals surface area contributed by atoms with Crippen molar-refractivity contribution in [2.45, 2.75) is 31.5 Å². The largest absolute Gasteiger partial charge is 0.462 e. The topological polar surface area (TPSA) is 102 Å². The van der Waals surface area contributed by atoms with Gasteiger partial charge in [-0.3, -0.25) is 9.59 Å². The molecule has 0 aromatic heterocycles. The van der Waals surface area contributed by atoms with Gasteiger partial charge in [0, 0.05) is 20.5 Å². The molecular weight excluding hydrogens is 391 g/mol. The van der Waals surface area contributed by atoms with Crippen molar-refractivity contribution in [2.75, 3.05) is 14.1 Å². The quantitative estimate of drug-likeness (QED) is 0.351. The van der Waals surface area contributed by atoms with Crippen LogP contribution in [-0.4, -0.2) is 47.9 Å². The van der Waals surface area contributed by atoms with E-state index in [-0.39, 0.29) is 30.1 Å². The minimum absolute atomic E-state index is 0.0537. The molecule has 2 aromatic rings. The molecule has 1 unspecified atom stereocenters. The summed E-state index contributed by atoms with van der Waals surface area (Å²) in [6.07, 6.45) is 3.25. The number of ketones is 1. The van der Waals surface area contributed by atoms with Crippen LogP contribution in [0.4, 0.5) is 0 Å². The summed E-state index contributed by atoms with van der Waals surface area (Å²) in [7, 11) is 1.49. The van der Waals surface area contributed by atoms with Crippen molar-refractivity contribution in [3.8, 4) is 6.07 Å². The lowest BCUT2D eigenvalue weighted by Gasteiger charge is -2.15. The fourth-order valence-corrected chi connectivity index (χ4v) is 3.29. The van der Waals surface area contributed by atoms with E-state index in [0.717, 1.165) is 16.7 Å². The van der Waals surface area contributed by atoms with Crippen molar-refractivity contribution in [2.24, 2.45) is 0 Å². The van der Waals surface area contributed by atoms with E-state index < -0.39 is 12.9 Å². The summed E-state index contributed by atoms with van der Waals surface area (Å²) < 4.78 is 0. The Kier molecular flexibility index (Phi) is 9.20. The van der Waals surface area contributed by atoms with Crippen LogP contribution in [-0.2, 0) is 22.4 Å². The highest BCUT2D eigenvalue weighted by molar-refractivity contribution is 6.49. The lowest BCUT2D eigenvalue weighted by atomic mass is 9.66. The predicted octanol–water partition coefficient (Wildman–Crippen LogP) is 2.66. The first-order chi connectivity index (χ1) is 14.8. The standard InChI is InChI=1S/C24H27BN2O4/c1-27(2)24(29)21(17-26)15-20-12-6-10-18(14-20)11-7-13-23(28)22(25(30)31)16-19-8-4-3-5-9-19/h3-6,8-10,12,14-15,22,30-31H,7,11,13,16H2,1-2H3. The Morgan fingerprint density at radius 2 is 1.77 bits per heavy atom. The molecule has 2 rings (SSSR count). The van der Waals surface area contributed by atoms with Crippen molar-refractivity contribution in [1.29, 1.82) is 5.26 Å². The minimum atomic E-state index is -1.69. The second-order valence-electron chi connectivity index (χ2n) is 7.64. The highest BCUT2D eigenvalue weighted by Crippen LogP contribution is 2.20. The van der Waals surface area contributed by atoms with Gasteiger partial charge in [-0.25, -0.2) is 0 Å². The number of nitriles is 1. The van der Waals surface area contributed by atoms with Crippen LogP contribution in [0.15, 0.2) is 60.2 Å². The molecule has 1 atom stereocenters. The first kappa shape index (κ1) is 24.1. The molecule has 0 saturated carbocycles. The average molecular weight is 418 g/mol. The molecule has 160 valence electrons. The van der Waals surface area contributed by atoms with Crippen molar-refractivity contribution >= 4 is 24.9 Å². The van der Waals surface area contributed by atoms with Crippen LogP contribution >= 0.6 is 0 Å². The number of aryl methyl sites for hydroxylation is 1. The zero-order valence-corrected chi connectivity index (χ0v) is 17.9. The third kappa shape index (κ3) is 7.52. The second kappa shape index (κ2) is 11.8. The van der Waals surface area contributed by atoms with Gasteiger partial charge < -0.3 is 14.9 Å². The molecule has 31 heavy (non-hydrogen) atoms. The van der Waals surface area contributed by atoms with Crippen molar-refractivity contribution < 1.29 is 19.6 Å². The van der Waals surface area contributed by atoms with Crippen LogP contribution in [0.2, 0.25) is 5.82 Å². The van der Waals surface area contributed by atoms with E-state index in [0.29, 0.717) is 12.8 Å². The molecule has 2 N–H and O–H groups in total. The van der Waals surface area contributed by atoms with Gasteiger partial charge in [-0.05, 0) is 42.0 Å². The van der Waals surface area contributed by atoms with Crippen LogP contribution in [0.5, 0.6) is 0 Å². The fourth-order valence-electron chi connectivity index (χ4n) is 3.29. The average Bonchev–Trinajstić information content (AvgIpc) is 2.76. The van der Waals surface area contributed by atoms with Gasteiger partial charge in [0.15, 0.2) is 0 Å². The number of hydrogen-bond acceptors (Lipinski definition) is 5. The van der Waals surface area contributed by atoms with E-state index in [4.69, 9.17) is 0 Å². The van der Waals surface area contributed by atoms with Crippen LogP contribution in [0.25, 0.3) is 6.08 Å². The van der Waals surface area contributed by atoms with E-state index in [9.17, 15) is 24.9 Å². The fraction of sp³-hybridized carbons (Fsp3) is 0.292. The van der Waals surface area contributed by atoms with Gasteiger partial charge in [0.25, 0.3) is 5.91 Å². The Balaban J connectivity index is 1.98. The number of rotatable bonds is 10. The number of hydrogen-bond donors (Lipinski definition) is 2. The minimum Gasteiger partial charge on any atom is -0.427 e. The van der Waals surface area contributed by atoms with Crippen molar-refractivity contribution in [1.82, 2.24) is 4.90 Å². The molecular formula is C24H27BN2O4. The third-order valence-corrected chi connectivity index (χ3v) is 4.98. The summed E-state index contributed by atoms with van der Waals surface area (Å²) in [6, 6.07) is 18.7. The monoisotopic (exact) mass is 418 g/mol. The summed E-state index contributed by atoms with van der Waals surface area (Å²) in [6.45, 7) is 0. The Morgan fingerprint density at radius 1 is 1.10 bits per heavy atom. The molecule has 2 aromatic carbocycles. The number of benzene rings is 2. The molecule has 0 spiro atoms. The zero-order valence-electron chi connectivity index (χ0n) is 17.9. The Hall–Kier alpha value is -3.21. The van der Waals surface area contributed by atoms with E-state index in [1.54, 1.807) is 20.2 Å². The van der Waals surface area contributed by atoms with Crippen LogP contribution in [0, 0.1) is 11.3 Å². The number of likely N-dealkylation sites (N-methyl/N-ethyl adjacent to an activating group) is 1. The van der Waals surface area contributed by atoms with E-state index in [1.807, 2.05) is 60.7 Å². The lowest BCUT2D eigenvalue weighted by molar-refractivity contribution is -0.124. The van der Waals surface area contributed by atoms with Gasteiger partial charge in [-0.1, -0.05) is 54.6 Å². The van der Waals surface area contributed by atoms with Gasteiger partial charge in [-0.2, -0.15) is 5.26 Å². The maximum absolute atomic E-state index is 12.6. The lowest BCUT2D eigenvalue weighted by Crippen LogP contribution is -2.29. The number of amides is 1. The molecule has 7 heteroatoms. The third-order valence-electron chi connectivity index (χ3n) is 4.98. The Bertz CT molecular complexity index is 965.